The third-order valence-corrected chi connectivity index (χ3v) is 5.49. The predicted octanol–water partition coefficient (Wildman–Crippen LogP) is 3.97. The summed E-state index contributed by atoms with van der Waals surface area (Å²) in [6, 6.07) is 15.3. The molecule has 0 bridgehead atoms. The summed E-state index contributed by atoms with van der Waals surface area (Å²) in [5.41, 5.74) is 3.49. The number of nitrogens with one attached hydrogen (secondary N) is 2. The summed E-state index contributed by atoms with van der Waals surface area (Å²) in [5.74, 6) is 2.88. The summed E-state index contributed by atoms with van der Waals surface area (Å²) in [7, 11) is 1.65. The summed E-state index contributed by atoms with van der Waals surface area (Å²) in [4.78, 5) is 24.6. The highest BCUT2D eigenvalue weighted by Gasteiger charge is 2.14. The minimum atomic E-state index is 0.432. The molecule has 4 heterocycles. The van der Waals surface area contributed by atoms with Gasteiger partial charge in [0.2, 0.25) is 5.95 Å². The van der Waals surface area contributed by atoms with Crippen molar-refractivity contribution in [1.29, 1.82) is 0 Å². The third-order valence-electron chi connectivity index (χ3n) is 5.49. The van der Waals surface area contributed by atoms with Gasteiger partial charge >= 0.3 is 0 Å². The average molecular weight is 471 g/mol. The Bertz CT molecular complexity index is 1310. The van der Waals surface area contributed by atoms with E-state index < -0.39 is 0 Å². The van der Waals surface area contributed by atoms with E-state index in [2.05, 4.69) is 46.5 Å². The summed E-state index contributed by atoms with van der Waals surface area (Å²) in [6.45, 7) is 5.11. The summed E-state index contributed by atoms with van der Waals surface area (Å²) < 4.78 is 11.1. The van der Waals surface area contributed by atoms with E-state index in [0.29, 0.717) is 34.9 Å². The lowest BCUT2D eigenvalue weighted by atomic mass is 10.2. The van der Waals surface area contributed by atoms with Crippen LogP contribution >= 0.6 is 0 Å². The molecule has 10 nitrogen and oxygen atoms in total. The first kappa shape index (κ1) is 22.5. The molecule has 1 fully saturated rings. The van der Waals surface area contributed by atoms with Crippen molar-refractivity contribution >= 4 is 29.0 Å². The fraction of sp³-hybridized carbons (Fsp3) is 0.240. The molecular formula is C25H26N8O2. The Hall–Kier alpha value is -4.31. The topological polar surface area (TPSA) is 110 Å². The first-order valence-corrected chi connectivity index (χ1v) is 11.3. The SMILES string of the molecule is COc1cc(N2CCOCC2)ccc1Nc1nccc(Nc2ccnc(-c3cccc(C)n3)n2)n1. The molecule has 0 radical (unpaired) electrons. The van der Waals surface area contributed by atoms with Gasteiger partial charge in [0.15, 0.2) is 5.82 Å². The molecule has 4 aromatic rings. The molecule has 35 heavy (non-hydrogen) atoms. The highest BCUT2D eigenvalue weighted by Crippen LogP contribution is 2.32. The van der Waals surface area contributed by atoms with Gasteiger partial charge in [-0.05, 0) is 43.3 Å². The molecule has 1 aliphatic heterocycles. The number of hydrogen-bond acceptors (Lipinski definition) is 10. The predicted molar refractivity (Wildman–Crippen MR) is 135 cm³/mol. The van der Waals surface area contributed by atoms with Crippen LogP contribution in [0.1, 0.15) is 5.69 Å². The van der Waals surface area contributed by atoms with Crippen molar-refractivity contribution in [3.8, 4) is 17.3 Å². The van der Waals surface area contributed by atoms with Crippen LogP contribution in [0.5, 0.6) is 5.75 Å². The van der Waals surface area contributed by atoms with Gasteiger partial charge in [0.1, 0.15) is 23.1 Å². The van der Waals surface area contributed by atoms with Crippen molar-refractivity contribution in [2.45, 2.75) is 6.92 Å². The van der Waals surface area contributed by atoms with Gasteiger partial charge in [-0.2, -0.15) is 4.98 Å². The van der Waals surface area contributed by atoms with Crippen molar-refractivity contribution in [1.82, 2.24) is 24.9 Å². The highest BCUT2D eigenvalue weighted by atomic mass is 16.5. The van der Waals surface area contributed by atoms with Gasteiger partial charge in [-0.25, -0.2) is 19.9 Å². The smallest absolute Gasteiger partial charge is 0.229 e. The van der Waals surface area contributed by atoms with Crippen molar-refractivity contribution in [2.75, 3.05) is 48.9 Å². The molecule has 0 saturated carbocycles. The number of methoxy groups -OCH3 is 1. The molecule has 0 spiro atoms. The van der Waals surface area contributed by atoms with Gasteiger partial charge in [0, 0.05) is 42.9 Å². The van der Waals surface area contributed by atoms with Crippen molar-refractivity contribution in [3.05, 3.63) is 66.6 Å². The highest BCUT2D eigenvalue weighted by molar-refractivity contribution is 5.69. The quantitative estimate of drug-likeness (QED) is 0.412. The van der Waals surface area contributed by atoms with Crippen molar-refractivity contribution in [3.63, 3.8) is 0 Å². The molecule has 10 heteroatoms. The molecule has 5 rings (SSSR count). The molecule has 0 atom stereocenters. The summed E-state index contributed by atoms with van der Waals surface area (Å²) in [6.07, 6.45) is 3.37. The van der Waals surface area contributed by atoms with E-state index in [1.165, 1.54) is 0 Å². The van der Waals surface area contributed by atoms with Crippen LogP contribution in [0.3, 0.4) is 0 Å². The van der Waals surface area contributed by atoms with Crippen LogP contribution < -0.4 is 20.3 Å². The van der Waals surface area contributed by atoms with Gasteiger partial charge in [-0.15, -0.1) is 0 Å². The van der Waals surface area contributed by atoms with Crippen molar-refractivity contribution < 1.29 is 9.47 Å². The maximum absolute atomic E-state index is 5.62. The number of ether oxygens (including phenoxy) is 2. The zero-order valence-electron chi connectivity index (χ0n) is 19.6. The van der Waals surface area contributed by atoms with E-state index in [1.54, 1.807) is 31.6 Å². The minimum absolute atomic E-state index is 0.432. The van der Waals surface area contributed by atoms with E-state index >= 15 is 0 Å². The van der Waals surface area contributed by atoms with Crippen LogP contribution in [0.25, 0.3) is 11.5 Å². The van der Waals surface area contributed by atoms with E-state index in [4.69, 9.17) is 9.47 Å². The monoisotopic (exact) mass is 470 g/mol. The molecule has 1 saturated heterocycles. The second-order valence-corrected chi connectivity index (χ2v) is 7.93. The zero-order chi connectivity index (χ0) is 24.0. The number of morpholine rings is 1. The fourth-order valence-electron chi connectivity index (χ4n) is 3.76. The van der Waals surface area contributed by atoms with Gasteiger partial charge in [0.25, 0.3) is 0 Å². The normalized spacial score (nSPS) is 13.4. The standard InChI is InChI=1S/C25H26N8O2/c1-17-4-3-5-20(28-17)24-26-10-8-22(31-24)30-23-9-11-27-25(32-23)29-19-7-6-18(16-21(19)34-2)33-12-14-35-15-13-33/h3-11,16H,12-15H2,1-2H3,(H2,26,27,29,30,31,32). The van der Waals surface area contributed by atoms with E-state index in [9.17, 15) is 0 Å². The molecule has 2 N–H and O–H groups in total. The Morgan fingerprint density at radius 2 is 1.69 bits per heavy atom. The minimum Gasteiger partial charge on any atom is -0.494 e. The number of aryl methyl sites for hydroxylation is 1. The third kappa shape index (κ3) is 5.44. The second kappa shape index (κ2) is 10.3. The lowest BCUT2D eigenvalue weighted by molar-refractivity contribution is 0.122. The van der Waals surface area contributed by atoms with Crippen LogP contribution in [0.2, 0.25) is 0 Å². The Morgan fingerprint density at radius 1 is 0.886 bits per heavy atom. The molecule has 0 unspecified atom stereocenters. The Kier molecular flexibility index (Phi) is 6.62. The number of aromatic nitrogens is 5. The van der Waals surface area contributed by atoms with Crippen molar-refractivity contribution in [2.24, 2.45) is 0 Å². The number of benzene rings is 1. The maximum atomic E-state index is 5.62. The second-order valence-electron chi connectivity index (χ2n) is 7.93. The van der Waals surface area contributed by atoms with Gasteiger partial charge in [-0.3, -0.25) is 0 Å². The number of rotatable bonds is 7. The van der Waals surface area contributed by atoms with Crippen LogP contribution in [-0.4, -0.2) is 58.3 Å². The number of anilines is 5. The number of hydrogen-bond donors (Lipinski definition) is 2. The molecule has 1 aliphatic rings. The zero-order valence-corrected chi connectivity index (χ0v) is 19.6. The lowest BCUT2D eigenvalue weighted by Gasteiger charge is -2.29. The van der Waals surface area contributed by atoms with Crippen LogP contribution in [0, 0.1) is 6.92 Å². The maximum Gasteiger partial charge on any atom is 0.229 e. The molecule has 3 aromatic heterocycles. The van der Waals surface area contributed by atoms with Gasteiger partial charge < -0.3 is 25.0 Å². The molecule has 0 aliphatic carbocycles. The van der Waals surface area contributed by atoms with Crippen LogP contribution in [0.15, 0.2) is 60.9 Å². The Labute approximate surface area is 203 Å². The first-order valence-electron chi connectivity index (χ1n) is 11.3. The molecular weight excluding hydrogens is 444 g/mol. The van der Waals surface area contributed by atoms with E-state index in [1.807, 2.05) is 37.3 Å². The summed E-state index contributed by atoms with van der Waals surface area (Å²) in [5, 5.41) is 6.47. The first-order chi connectivity index (χ1) is 17.2. The Morgan fingerprint density at radius 3 is 2.49 bits per heavy atom. The van der Waals surface area contributed by atoms with Gasteiger partial charge in [0.05, 0.1) is 26.0 Å². The van der Waals surface area contributed by atoms with Crippen LogP contribution in [0.4, 0.5) is 29.0 Å². The molecule has 178 valence electrons. The Balaban J connectivity index is 1.32. The number of pyridine rings is 1. The van der Waals surface area contributed by atoms with E-state index in [-0.39, 0.29) is 0 Å². The number of nitrogens with zero attached hydrogens (tertiary/aromatic N) is 6. The largest absolute Gasteiger partial charge is 0.494 e. The molecule has 0 amide bonds. The summed E-state index contributed by atoms with van der Waals surface area (Å²) >= 11 is 0. The van der Waals surface area contributed by atoms with Crippen LogP contribution in [-0.2, 0) is 4.74 Å². The average Bonchev–Trinajstić information content (AvgIpc) is 2.90. The fourth-order valence-corrected chi connectivity index (χ4v) is 3.76. The van der Waals surface area contributed by atoms with Gasteiger partial charge in [-0.1, -0.05) is 6.07 Å². The lowest BCUT2D eigenvalue weighted by Crippen LogP contribution is -2.36. The van der Waals surface area contributed by atoms with E-state index in [0.717, 1.165) is 43.4 Å². The molecule has 1 aromatic carbocycles.